The van der Waals surface area contributed by atoms with Gasteiger partial charge in [0.15, 0.2) is 12.6 Å². The Balaban J connectivity index is 1.61. The van der Waals surface area contributed by atoms with E-state index in [1.165, 1.54) is 47.8 Å². The summed E-state index contributed by atoms with van der Waals surface area (Å²) in [6.45, 7) is 23.7. The fourth-order valence-corrected chi connectivity index (χ4v) is 10.9. The third kappa shape index (κ3) is 27.7. The number of amides is 6. The average molecular weight is 1340 g/mol. The molecule has 520 valence electrons. The number of carbonyl (C=O) groups is 6. The van der Waals surface area contributed by atoms with E-state index in [-0.39, 0.29) is 55.4 Å². The van der Waals surface area contributed by atoms with Gasteiger partial charge in [-0.05, 0) is 128 Å². The van der Waals surface area contributed by atoms with Crippen molar-refractivity contribution in [3.63, 3.8) is 0 Å². The number of alkyl carbamates (subject to hydrolysis) is 5. The van der Waals surface area contributed by atoms with Crippen LogP contribution in [0.25, 0.3) is 0 Å². The minimum Gasteiger partial charge on any atom is -0.444 e. The highest BCUT2D eigenvalue weighted by Crippen LogP contribution is 2.35. The zero-order valence-electron chi connectivity index (χ0n) is 54.4. The Morgan fingerprint density at radius 3 is 1.54 bits per heavy atom. The van der Waals surface area contributed by atoms with Crippen molar-refractivity contribution in [1.82, 2.24) is 31.9 Å². The summed E-state index contributed by atoms with van der Waals surface area (Å²) in [7, 11) is 0. The molecule has 33 heteroatoms. The summed E-state index contributed by atoms with van der Waals surface area (Å²) in [6, 6.07) is -1.55. The maximum Gasteiger partial charge on any atom is 0.408 e. The van der Waals surface area contributed by atoms with Crippen molar-refractivity contribution in [2.24, 2.45) is 0 Å². The standard InChI is InChI=1S/C58H97N7O24S2/c1-54(2,3)85-49(73)59-26-37-36(67)25-34(63-52(76)88-57(10,11)12)47(81-37)83-45-32(61-50(74)86-55(4,5)6)24-33(62-51(75)87-56(7,8)9)46(44(45)72)84-48-43(71)40(64-53(77)89-58(13,14)15)42(70)38(82-48)28-90-22-20-80-21-23-91-29-39(68)60-35(27-66)41(69)30-16-18-31(19-17-30)65(78)79/h16-19,32-38,40-48,66-67,69-72H,20-29H2,1-15H3,(H,59,73)(H,60,68)(H,61,74)(H,62,75)(H,63,76)(H,64,77)/t32-,33+,34+,35+,36-,37+,38+,40-,41+,42+,43+,44-,45+,46-,47+,48-/m0/s1. The number of nitrogens with zero attached hydrogens (tertiary/aromatic N) is 1. The Morgan fingerprint density at radius 2 is 1.05 bits per heavy atom. The van der Waals surface area contributed by atoms with Crippen molar-refractivity contribution in [2.45, 2.75) is 242 Å². The number of ether oxygens (including phenoxy) is 10. The second-order valence-electron chi connectivity index (χ2n) is 27.0. The van der Waals surface area contributed by atoms with Gasteiger partial charge in [-0.15, -0.1) is 11.8 Å². The first kappa shape index (κ1) is 78.1. The second-order valence-corrected chi connectivity index (χ2v) is 29.3. The van der Waals surface area contributed by atoms with E-state index in [4.69, 9.17) is 47.4 Å². The number of hydrogen-bond donors (Lipinski definition) is 12. The van der Waals surface area contributed by atoms with Gasteiger partial charge in [0.25, 0.3) is 5.69 Å². The largest absolute Gasteiger partial charge is 0.444 e. The molecule has 1 saturated carbocycles. The summed E-state index contributed by atoms with van der Waals surface area (Å²) in [5, 5.41) is 95.5. The Bertz CT molecular complexity index is 2530. The first-order valence-electron chi connectivity index (χ1n) is 29.9. The number of benzene rings is 1. The van der Waals surface area contributed by atoms with Gasteiger partial charge in [-0.1, -0.05) is 0 Å². The van der Waals surface area contributed by atoms with E-state index >= 15 is 0 Å². The second kappa shape index (κ2) is 34.2. The number of rotatable bonds is 25. The monoisotopic (exact) mass is 1340 g/mol. The highest BCUT2D eigenvalue weighted by molar-refractivity contribution is 8.00. The first-order chi connectivity index (χ1) is 42.0. The van der Waals surface area contributed by atoms with Gasteiger partial charge in [0.2, 0.25) is 5.91 Å². The molecule has 16 atom stereocenters. The number of nitro benzene ring substituents is 1. The molecule has 1 aromatic rings. The summed E-state index contributed by atoms with van der Waals surface area (Å²) in [5.74, 6) is 0.116. The third-order valence-electron chi connectivity index (χ3n) is 13.1. The van der Waals surface area contributed by atoms with E-state index in [0.717, 1.165) is 0 Å². The molecule has 2 saturated heterocycles. The van der Waals surface area contributed by atoms with Crippen molar-refractivity contribution in [3.05, 3.63) is 39.9 Å². The zero-order chi connectivity index (χ0) is 68.6. The fraction of sp³-hybridized carbons (Fsp3) is 0.793. The predicted molar refractivity (Wildman–Crippen MR) is 330 cm³/mol. The molecule has 1 aliphatic carbocycles. The smallest absolute Gasteiger partial charge is 0.408 e. The van der Waals surface area contributed by atoms with Crippen molar-refractivity contribution >= 4 is 65.6 Å². The van der Waals surface area contributed by atoms with Crippen LogP contribution in [-0.4, -0.2) is 241 Å². The lowest BCUT2D eigenvalue weighted by molar-refractivity contribution is -0.384. The van der Waals surface area contributed by atoms with Crippen LogP contribution in [0.1, 0.15) is 128 Å². The van der Waals surface area contributed by atoms with Crippen molar-refractivity contribution in [2.75, 3.05) is 49.4 Å². The van der Waals surface area contributed by atoms with Crippen molar-refractivity contribution in [1.29, 1.82) is 0 Å². The molecule has 0 bridgehead atoms. The van der Waals surface area contributed by atoms with Crippen LogP contribution >= 0.6 is 23.5 Å². The number of thioether (sulfide) groups is 2. The molecule has 0 aromatic heterocycles. The minimum atomic E-state index is -2.00. The third-order valence-corrected chi connectivity index (χ3v) is 15.0. The highest BCUT2D eigenvalue weighted by atomic mass is 32.2. The lowest BCUT2D eigenvalue weighted by Gasteiger charge is -2.49. The molecule has 0 spiro atoms. The van der Waals surface area contributed by atoms with Gasteiger partial charge in [0.1, 0.15) is 70.7 Å². The van der Waals surface area contributed by atoms with E-state index in [1.807, 2.05) is 0 Å². The number of aliphatic hydroxyl groups excluding tert-OH is 6. The maximum atomic E-state index is 13.7. The normalized spacial score (nSPS) is 27.2. The van der Waals surface area contributed by atoms with Crippen LogP contribution in [0.5, 0.6) is 0 Å². The van der Waals surface area contributed by atoms with Crippen LogP contribution in [0, 0.1) is 10.1 Å². The minimum absolute atomic E-state index is 0.0163. The summed E-state index contributed by atoms with van der Waals surface area (Å²) in [5.41, 5.74) is -4.97. The summed E-state index contributed by atoms with van der Waals surface area (Å²) < 4.78 is 59.2. The molecule has 91 heavy (non-hydrogen) atoms. The number of non-ortho nitro benzene ring substituents is 1. The molecule has 31 nitrogen and oxygen atoms in total. The van der Waals surface area contributed by atoms with Gasteiger partial charge in [0, 0.05) is 42.4 Å². The topological polar surface area (TPSA) is 431 Å². The molecule has 3 aliphatic rings. The Morgan fingerprint density at radius 1 is 0.604 bits per heavy atom. The van der Waals surface area contributed by atoms with Crippen LogP contribution < -0.4 is 31.9 Å². The number of hydrogen-bond acceptors (Lipinski definition) is 26. The Labute approximate surface area is 538 Å². The zero-order valence-corrected chi connectivity index (χ0v) is 56.0. The van der Waals surface area contributed by atoms with Crippen LogP contribution in [-0.2, 0) is 52.2 Å². The average Bonchev–Trinajstić information content (AvgIpc) is 1.42. The van der Waals surface area contributed by atoms with Crippen LogP contribution in [0.4, 0.5) is 29.7 Å². The van der Waals surface area contributed by atoms with Crippen LogP contribution in [0.3, 0.4) is 0 Å². The molecule has 12 N–H and O–H groups in total. The van der Waals surface area contributed by atoms with E-state index in [1.54, 1.807) is 104 Å². The quantitative estimate of drug-likeness (QED) is 0.0289. The number of nitrogens with one attached hydrogen (secondary N) is 6. The van der Waals surface area contributed by atoms with Gasteiger partial charge in [-0.25, -0.2) is 24.0 Å². The van der Waals surface area contributed by atoms with E-state index in [0.29, 0.717) is 11.5 Å². The van der Waals surface area contributed by atoms with Gasteiger partial charge in [-0.3, -0.25) is 14.9 Å². The van der Waals surface area contributed by atoms with Crippen molar-refractivity contribution < 1.29 is 112 Å². The van der Waals surface area contributed by atoms with E-state index in [2.05, 4.69) is 31.9 Å². The molecule has 0 unspecified atom stereocenters. The molecule has 2 aliphatic heterocycles. The lowest BCUT2D eigenvalue weighted by atomic mass is 9.83. The Hall–Kier alpha value is -5.30. The molecular weight excluding hydrogens is 1240 g/mol. The summed E-state index contributed by atoms with van der Waals surface area (Å²) >= 11 is 2.46. The molecular formula is C58H97N7O24S2. The molecule has 1 aromatic carbocycles. The predicted octanol–water partition coefficient (Wildman–Crippen LogP) is 3.14. The van der Waals surface area contributed by atoms with E-state index < -0.39 is 174 Å². The fourth-order valence-electron chi connectivity index (χ4n) is 9.34. The number of carbonyl (C=O) groups excluding carboxylic acids is 6. The summed E-state index contributed by atoms with van der Waals surface area (Å²) in [6.07, 6.45) is -23.1. The van der Waals surface area contributed by atoms with Gasteiger partial charge in [-0.2, -0.15) is 11.8 Å². The van der Waals surface area contributed by atoms with Gasteiger partial charge < -0.3 is 110 Å². The molecule has 4 rings (SSSR count). The molecule has 0 radical (unpaired) electrons. The van der Waals surface area contributed by atoms with Gasteiger partial charge in [0.05, 0.1) is 72.9 Å². The SMILES string of the molecule is CC(C)(C)OC(=O)NC[C@H]1O[C@H](O[C@H]2[C@H](O)[C@@H](O[C@@H]3O[C@H](CSCCOCCSCC(=O)N[C@H](CO)[C@H](O)c4ccc([N+](=O)[O-])cc4)[C@@H](O)[C@H](NC(=O)OC(C)(C)C)[C@H]3O)[C@H](NC(=O)OC(C)(C)C)C[C@@H]2NC(=O)OC(C)(C)C)[C@H](NC(=O)OC(C)(C)C)C[C@@H]1O. The van der Waals surface area contributed by atoms with E-state index in [9.17, 15) is 69.5 Å². The molecule has 6 amide bonds. The first-order valence-corrected chi connectivity index (χ1v) is 32.2. The van der Waals surface area contributed by atoms with Crippen LogP contribution in [0.2, 0.25) is 0 Å². The Kier molecular flexibility index (Phi) is 29.4. The molecule has 2 heterocycles. The highest BCUT2D eigenvalue weighted by Gasteiger charge is 2.54. The maximum absolute atomic E-state index is 13.7. The van der Waals surface area contributed by atoms with Crippen molar-refractivity contribution in [3.8, 4) is 0 Å². The lowest BCUT2D eigenvalue weighted by Crippen LogP contribution is -2.70. The van der Waals surface area contributed by atoms with Crippen LogP contribution in [0.15, 0.2) is 24.3 Å². The molecule has 3 fully saturated rings. The summed E-state index contributed by atoms with van der Waals surface area (Å²) in [4.78, 5) is 90.2. The number of aliphatic hydroxyl groups is 6. The van der Waals surface area contributed by atoms with Gasteiger partial charge >= 0.3 is 30.5 Å². The number of nitro groups is 1.